The van der Waals surface area contributed by atoms with Crippen LogP contribution in [0.25, 0.3) is 0 Å². The molecule has 0 aromatic heterocycles. The molecule has 0 spiro atoms. The number of rotatable bonds is 15. The Labute approximate surface area is 232 Å². The van der Waals surface area contributed by atoms with Gasteiger partial charge in [0.2, 0.25) is 0 Å². The molecule has 4 rings (SSSR count). The maximum atomic E-state index is 5.84. The molecule has 0 unspecified atom stereocenters. The van der Waals surface area contributed by atoms with Gasteiger partial charge in [0.25, 0.3) is 0 Å². The zero-order valence-electron chi connectivity index (χ0n) is 21.9. The van der Waals surface area contributed by atoms with Gasteiger partial charge in [0.05, 0.1) is 0 Å². The Morgan fingerprint density at radius 2 is 0.838 bits per heavy atom. The predicted octanol–water partition coefficient (Wildman–Crippen LogP) is 8.77. The molecule has 0 fully saturated rings. The van der Waals surface area contributed by atoms with E-state index in [0.29, 0.717) is 0 Å². The third kappa shape index (κ3) is 6.99. The second kappa shape index (κ2) is 14.1. The third-order valence-electron chi connectivity index (χ3n) is 7.36. The standard InChI is InChI=1S/C34H40BrOP/c35-37(32-22-12-7-13-23-32,33-24-14-8-15-25-33,34-26-16-9-17-27-34)29-19-5-3-1-2-4-18-28-36-30-31-20-10-6-11-21-31/h6-17,20-27H,1-5,18-19,28-30H2. The predicted molar refractivity (Wildman–Crippen MR) is 167 cm³/mol. The molecule has 0 aliphatic rings. The molecule has 0 heterocycles. The number of benzene rings is 4. The summed E-state index contributed by atoms with van der Waals surface area (Å²) in [6.07, 6.45) is 9.91. The van der Waals surface area contributed by atoms with Crippen molar-refractivity contribution in [2.75, 3.05) is 12.8 Å². The van der Waals surface area contributed by atoms with Gasteiger partial charge in [-0.3, -0.25) is 0 Å². The van der Waals surface area contributed by atoms with Crippen molar-refractivity contribution in [3.8, 4) is 0 Å². The quantitative estimate of drug-likeness (QED) is 0.102. The Kier molecular flexibility index (Phi) is 10.6. The fraction of sp³-hybridized carbons (Fsp3) is 0.294. The van der Waals surface area contributed by atoms with Gasteiger partial charge >= 0.3 is 202 Å². The van der Waals surface area contributed by atoms with E-state index in [-0.39, 0.29) is 0 Å². The minimum atomic E-state index is -2.76. The van der Waals surface area contributed by atoms with Crippen LogP contribution in [-0.2, 0) is 11.3 Å². The normalized spacial score (nSPS) is 12.6. The van der Waals surface area contributed by atoms with Crippen molar-refractivity contribution < 1.29 is 4.74 Å². The van der Waals surface area contributed by atoms with Gasteiger partial charge in [-0.15, -0.1) is 0 Å². The van der Waals surface area contributed by atoms with Crippen LogP contribution in [0.3, 0.4) is 0 Å². The zero-order valence-corrected chi connectivity index (χ0v) is 24.3. The number of halogens is 1. The molecule has 0 atom stereocenters. The summed E-state index contributed by atoms with van der Waals surface area (Å²) in [6, 6.07) is 43.9. The fourth-order valence-corrected chi connectivity index (χ4v) is 13.1. The van der Waals surface area contributed by atoms with Crippen molar-refractivity contribution in [3.05, 3.63) is 127 Å². The molecule has 4 aromatic carbocycles. The zero-order chi connectivity index (χ0) is 25.7. The molecule has 1 nitrogen and oxygen atoms in total. The molecule has 194 valence electrons. The maximum absolute atomic E-state index is 5.84. The van der Waals surface area contributed by atoms with E-state index in [9.17, 15) is 0 Å². The van der Waals surface area contributed by atoms with Gasteiger partial charge in [0.15, 0.2) is 0 Å². The van der Waals surface area contributed by atoms with Crippen LogP contribution in [-0.4, -0.2) is 12.8 Å². The first-order chi connectivity index (χ1) is 18.2. The van der Waals surface area contributed by atoms with Crippen molar-refractivity contribution in [2.45, 2.75) is 51.6 Å². The topological polar surface area (TPSA) is 9.23 Å². The van der Waals surface area contributed by atoms with E-state index < -0.39 is 5.31 Å². The van der Waals surface area contributed by atoms with E-state index in [0.717, 1.165) is 25.8 Å². The van der Waals surface area contributed by atoms with E-state index in [1.165, 1.54) is 60.0 Å². The van der Waals surface area contributed by atoms with Crippen LogP contribution in [0.5, 0.6) is 0 Å². The molecule has 0 amide bonds. The minimum absolute atomic E-state index is 0.726. The fourth-order valence-electron chi connectivity index (χ4n) is 5.31. The van der Waals surface area contributed by atoms with E-state index in [1.54, 1.807) is 0 Å². The summed E-state index contributed by atoms with van der Waals surface area (Å²) in [6.45, 7) is 1.59. The van der Waals surface area contributed by atoms with Crippen molar-refractivity contribution in [1.82, 2.24) is 0 Å². The van der Waals surface area contributed by atoms with Gasteiger partial charge in [-0.2, -0.15) is 0 Å². The molecule has 0 saturated heterocycles. The molecular weight excluding hydrogens is 535 g/mol. The molecule has 0 saturated carbocycles. The summed E-state index contributed by atoms with van der Waals surface area (Å²) in [4.78, 5) is 0. The van der Waals surface area contributed by atoms with Crippen LogP contribution in [0.4, 0.5) is 0 Å². The second-order valence-electron chi connectivity index (χ2n) is 9.93. The van der Waals surface area contributed by atoms with E-state index in [4.69, 9.17) is 4.74 Å². The monoisotopic (exact) mass is 574 g/mol. The van der Waals surface area contributed by atoms with E-state index in [1.807, 2.05) is 6.07 Å². The number of hydrogen-bond donors (Lipinski definition) is 0. The Hall–Kier alpha value is -2.25. The van der Waals surface area contributed by atoms with Crippen LogP contribution < -0.4 is 15.9 Å². The van der Waals surface area contributed by atoms with Gasteiger partial charge in [0, 0.05) is 0 Å². The van der Waals surface area contributed by atoms with Crippen LogP contribution >= 0.6 is 20.8 Å². The SMILES string of the molecule is BrP(CCCCCCCCCOCc1ccccc1)(c1ccccc1)(c1ccccc1)c1ccccc1. The molecule has 0 aliphatic heterocycles. The molecule has 0 radical (unpaired) electrons. The Morgan fingerprint density at radius 1 is 0.459 bits per heavy atom. The second-order valence-corrected chi connectivity index (χ2v) is 19.0. The van der Waals surface area contributed by atoms with Crippen LogP contribution in [0.1, 0.15) is 50.5 Å². The summed E-state index contributed by atoms with van der Waals surface area (Å²) in [7, 11) is 0. The Morgan fingerprint density at radius 3 is 1.30 bits per heavy atom. The van der Waals surface area contributed by atoms with Gasteiger partial charge in [-0.25, -0.2) is 0 Å². The molecule has 4 aromatic rings. The molecule has 0 aliphatic carbocycles. The summed E-state index contributed by atoms with van der Waals surface area (Å²) < 4.78 is 5.84. The molecule has 0 bridgehead atoms. The molecule has 0 N–H and O–H groups in total. The van der Waals surface area contributed by atoms with Crippen molar-refractivity contribution in [2.24, 2.45) is 0 Å². The van der Waals surface area contributed by atoms with E-state index in [2.05, 4.69) is 131 Å². The van der Waals surface area contributed by atoms with Gasteiger partial charge in [-0.05, 0) is 0 Å². The van der Waals surface area contributed by atoms with E-state index >= 15 is 0 Å². The van der Waals surface area contributed by atoms with Crippen molar-refractivity contribution >= 4 is 36.7 Å². The molecular formula is C34H40BrOP. The number of ether oxygens (including phenoxy) is 1. The Balaban J connectivity index is 1.32. The Bertz CT molecular complexity index is 1070. The van der Waals surface area contributed by atoms with Crippen molar-refractivity contribution in [3.63, 3.8) is 0 Å². The molecule has 37 heavy (non-hydrogen) atoms. The number of unbranched alkanes of at least 4 members (excludes halogenated alkanes) is 6. The summed E-state index contributed by atoms with van der Waals surface area (Å²) in [5, 5.41) is 1.49. The van der Waals surface area contributed by atoms with Gasteiger partial charge < -0.3 is 0 Å². The summed E-state index contributed by atoms with van der Waals surface area (Å²) in [5.41, 5.74) is 1.26. The first-order valence-electron chi connectivity index (χ1n) is 13.7. The first kappa shape index (κ1) is 27.8. The van der Waals surface area contributed by atoms with Crippen LogP contribution in [0.2, 0.25) is 0 Å². The summed E-state index contributed by atoms with van der Waals surface area (Å²) in [5.74, 6) is 0. The average molecular weight is 576 g/mol. The van der Waals surface area contributed by atoms with Gasteiger partial charge in [0.1, 0.15) is 0 Å². The van der Waals surface area contributed by atoms with Crippen molar-refractivity contribution in [1.29, 1.82) is 0 Å². The number of hydrogen-bond acceptors (Lipinski definition) is 1. The molecule has 3 heteroatoms. The average Bonchev–Trinajstić information content (AvgIpc) is 2.98. The van der Waals surface area contributed by atoms with Gasteiger partial charge in [-0.1, -0.05) is 30.3 Å². The van der Waals surface area contributed by atoms with Crippen LogP contribution in [0.15, 0.2) is 121 Å². The summed E-state index contributed by atoms with van der Waals surface area (Å²) >= 11 is 4.57. The third-order valence-corrected chi connectivity index (χ3v) is 17.4. The van der Waals surface area contributed by atoms with Crippen LogP contribution in [0, 0.1) is 0 Å². The first-order valence-corrected chi connectivity index (χ1v) is 18.2.